The van der Waals surface area contributed by atoms with E-state index in [9.17, 15) is 0 Å². The van der Waals surface area contributed by atoms with Crippen molar-refractivity contribution < 1.29 is 0 Å². The van der Waals surface area contributed by atoms with Gasteiger partial charge in [0.25, 0.3) is 0 Å². The molecule has 2 nitrogen and oxygen atoms in total. The van der Waals surface area contributed by atoms with E-state index in [0.717, 1.165) is 19.0 Å². The fourth-order valence-electron chi connectivity index (χ4n) is 1.82. The number of hydrogen-bond acceptors (Lipinski definition) is 3. The first-order chi connectivity index (χ1) is 7.77. The smallest absolute Gasteiger partial charge is 0.0410 e. The second-order valence-corrected chi connectivity index (χ2v) is 5.80. The molecule has 1 atom stereocenters. The summed E-state index contributed by atoms with van der Waals surface area (Å²) in [6.07, 6.45) is 2.88. The van der Waals surface area contributed by atoms with Crippen molar-refractivity contribution in [2.24, 2.45) is 5.92 Å². The molecule has 0 amide bonds. The third-order valence-electron chi connectivity index (χ3n) is 3.39. The van der Waals surface area contributed by atoms with Gasteiger partial charge in [0, 0.05) is 24.0 Å². The third kappa shape index (κ3) is 3.58. The minimum atomic E-state index is 0.544. The Kier molecular flexibility index (Phi) is 4.38. The highest BCUT2D eigenvalue weighted by molar-refractivity contribution is 7.10. The molecule has 0 saturated heterocycles. The average Bonchev–Trinajstić information content (AvgIpc) is 2.95. The van der Waals surface area contributed by atoms with E-state index in [2.05, 4.69) is 41.7 Å². The first-order valence-electron chi connectivity index (χ1n) is 6.21. The van der Waals surface area contributed by atoms with Crippen LogP contribution in [0, 0.1) is 5.92 Å². The summed E-state index contributed by atoms with van der Waals surface area (Å²) in [5.41, 5.74) is 0. The molecule has 1 aliphatic carbocycles. The summed E-state index contributed by atoms with van der Waals surface area (Å²) in [5, 5.41) is 5.70. The van der Waals surface area contributed by atoms with Crippen molar-refractivity contribution in [2.75, 3.05) is 26.7 Å². The largest absolute Gasteiger partial charge is 0.315 e. The van der Waals surface area contributed by atoms with Gasteiger partial charge in [0.15, 0.2) is 0 Å². The lowest BCUT2D eigenvalue weighted by Gasteiger charge is -2.23. The molecule has 1 N–H and O–H groups in total. The first-order valence-corrected chi connectivity index (χ1v) is 7.09. The maximum Gasteiger partial charge on any atom is 0.0410 e. The Morgan fingerprint density at radius 3 is 3.00 bits per heavy atom. The second-order valence-electron chi connectivity index (χ2n) is 4.82. The highest BCUT2D eigenvalue weighted by atomic mass is 32.1. The lowest BCUT2D eigenvalue weighted by Crippen LogP contribution is -2.31. The van der Waals surface area contributed by atoms with Crippen LogP contribution in [0.5, 0.6) is 0 Å². The minimum absolute atomic E-state index is 0.544. The Hall–Kier alpha value is -0.380. The Morgan fingerprint density at radius 2 is 2.38 bits per heavy atom. The standard InChI is InChI=1S/C13H22N2S/c1-11(13-4-3-9-16-13)15(2)8-7-14-10-12-5-6-12/h3-4,9,11-12,14H,5-8,10H2,1-2H3. The van der Waals surface area contributed by atoms with Gasteiger partial charge >= 0.3 is 0 Å². The molecule has 1 aliphatic rings. The molecular formula is C13H22N2S. The fourth-order valence-corrected chi connectivity index (χ4v) is 2.67. The molecule has 1 heterocycles. The first kappa shape index (κ1) is 12.1. The number of nitrogens with zero attached hydrogens (tertiary/aromatic N) is 1. The highest BCUT2D eigenvalue weighted by Crippen LogP contribution is 2.27. The van der Waals surface area contributed by atoms with Crippen molar-refractivity contribution in [3.63, 3.8) is 0 Å². The Morgan fingerprint density at radius 1 is 1.56 bits per heavy atom. The normalized spacial score (nSPS) is 17.9. The lowest BCUT2D eigenvalue weighted by atomic mass is 10.2. The molecule has 1 fully saturated rings. The minimum Gasteiger partial charge on any atom is -0.315 e. The van der Waals surface area contributed by atoms with Crippen LogP contribution in [0.2, 0.25) is 0 Å². The van der Waals surface area contributed by atoms with Gasteiger partial charge in [-0.3, -0.25) is 4.90 Å². The van der Waals surface area contributed by atoms with E-state index >= 15 is 0 Å². The van der Waals surface area contributed by atoms with Gasteiger partial charge in [-0.15, -0.1) is 11.3 Å². The van der Waals surface area contributed by atoms with Crippen molar-refractivity contribution in [1.29, 1.82) is 0 Å². The van der Waals surface area contributed by atoms with Gasteiger partial charge in [0.1, 0.15) is 0 Å². The molecule has 1 saturated carbocycles. The van der Waals surface area contributed by atoms with Crippen LogP contribution in [-0.4, -0.2) is 31.6 Å². The molecule has 90 valence electrons. The van der Waals surface area contributed by atoms with E-state index in [4.69, 9.17) is 0 Å². The zero-order valence-electron chi connectivity index (χ0n) is 10.3. The molecule has 0 spiro atoms. The van der Waals surface area contributed by atoms with Crippen LogP contribution in [-0.2, 0) is 0 Å². The topological polar surface area (TPSA) is 15.3 Å². The summed E-state index contributed by atoms with van der Waals surface area (Å²) in [6, 6.07) is 4.90. The van der Waals surface area contributed by atoms with Crippen molar-refractivity contribution in [1.82, 2.24) is 10.2 Å². The van der Waals surface area contributed by atoms with Crippen molar-refractivity contribution in [2.45, 2.75) is 25.8 Å². The number of hydrogen-bond donors (Lipinski definition) is 1. The second kappa shape index (κ2) is 5.80. The molecule has 0 aliphatic heterocycles. The van der Waals surface area contributed by atoms with Crippen LogP contribution in [0.15, 0.2) is 17.5 Å². The predicted octanol–water partition coefficient (Wildman–Crippen LogP) is 2.74. The van der Waals surface area contributed by atoms with Crippen LogP contribution < -0.4 is 5.32 Å². The van der Waals surface area contributed by atoms with Crippen LogP contribution in [0.25, 0.3) is 0 Å². The predicted molar refractivity (Wildman–Crippen MR) is 71.0 cm³/mol. The third-order valence-corrected chi connectivity index (χ3v) is 4.43. The van der Waals surface area contributed by atoms with Crippen molar-refractivity contribution >= 4 is 11.3 Å². The Bertz CT molecular complexity index is 293. The fraction of sp³-hybridized carbons (Fsp3) is 0.692. The summed E-state index contributed by atoms with van der Waals surface area (Å²) in [6.45, 7) is 5.75. The van der Waals surface area contributed by atoms with E-state index in [-0.39, 0.29) is 0 Å². The summed E-state index contributed by atoms with van der Waals surface area (Å²) in [4.78, 5) is 3.89. The molecule has 1 aromatic rings. The van der Waals surface area contributed by atoms with Gasteiger partial charge < -0.3 is 5.32 Å². The van der Waals surface area contributed by atoms with E-state index in [1.165, 1.54) is 24.3 Å². The maximum atomic E-state index is 3.54. The molecule has 1 aromatic heterocycles. The van der Waals surface area contributed by atoms with Gasteiger partial charge in [-0.05, 0) is 50.7 Å². The number of thiophene rings is 1. The number of rotatable bonds is 7. The number of nitrogens with one attached hydrogen (secondary N) is 1. The summed E-state index contributed by atoms with van der Waals surface area (Å²) in [5.74, 6) is 0.986. The molecule has 0 aromatic carbocycles. The Labute approximate surface area is 103 Å². The lowest BCUT2D eigenvalue weighted by molar-refractivity contribution is 0.264. The van der Waals surface area contributed by atoms with Crippen LogP contribution in [0.3, 0.4) is 0 Å². The quantitative estimate of drug-likeness (QED) is 0.735. The van der Waals surface area contributed by atoms with Crippen LogP contribution in [0.4, 0.5) is 0 Å². The van der Waals surface area contributed by atoms with Crippen molar-refractivity contribution in [3.8, 4) is 0 Å². The average molecular weight is 238 g/mol. The summed E-state index contributed by atoms with van der Waals surface area (Å²) >= 11 is 1.85. The zero-order chi connectivity index (χ0) is 11.4. The van der Waals surface area contributed by atoms with E-state index in [1.54, 1.807) is 0 Å². The molecule has 1 unspecified atom stereocenters. The van der Waals surface area contributed by atoms with E-state index in [1.807, 2.05) is 11.3 Å². The number of likely N-dealkylation sites (N-methyl/N-ethyl adjacent to an activating group) is 1. The monoisotopic (exact) mass is 238 g/mol. The molecule has 0 radical (unpaired) electrons. The van der Waals surface area contributed by atoms with Gasteiger partial charge in [0.05, 0.1) is 0 Å². The van der Waals surface area contributed by atoms with Crippen LogP contribution in [0.1, 0.15) is 30.7 Å². The van der Waals surface area contributed by atoms with Crippen LogP contribution >= 0.6 is 11.3 Å². The summed E-state index contributed by atoms with van der Waals surface area (Å²) < 4.78 is 0. The maximum absolute atomic E-state index is 3.54. The Balaban J connectivity index is 1.64. The molecule has 2 rings (SSSR count). The van der Waals surface area contributed by atoms with E-state index in [0.29, 0.717) is 6.04 Å². The molecule has 3 heteroatoms. The SMILES string of the molecule is CC(c1cccs1)N(C)CCNCC1CC1. The molecule has 0 bridgehead atoms. The molecular weight excluding hydrogens is 216 g/mol. The molecule has 16 heavy (non-hydrogen) atoms. The van der Waals surface area contributed by atoms with Gasteiger partial charge in [-0.2, -0.15) is 0 Å². The van der Waals surface area contributed by atoms with Gasteiger partial charge in [-0.25, -0.2) is 0 Å². The van der Waals surface area contributed by atoms with Gasteiger partial charge in [-0.1, -0.05) is 6.07 Å². The zero-order valence-corrected chi connectivity index (χ0v) is 11.1. The van der Waals surface area contributed by atoms with Crippen molar-refractivity contribution in [3.05, 3.63) is 22.4 Å². The van der Waals surface area contributed by atoms with Gasteiger partial charge in [0.2, 0.25) is 0 Å². The van der Waals surface area contributed by atoms with E-state index < -0.39 is 0 Å². The summed E-state index contributed by atoms with van der Waals surface area (Å²) in [7, 11) is 2.21. The highest BCUT2D eigenvalue weighted by Gasteiger charge is 2.20.